The number of alkyl halides is 3. The fourth-order valence-electron chi connectivity index (χ4n) is 3.85. The number of hydrogen-bond donors (Lipinski definition) is 2. The summed E-state index contributed by atoms with van der Waals surface area (Å²) in [6, 6.07) is 7.90. The van der Waals surface area contributed by atoms with E-state index in [0.717, 1.165) is 12.6 Å². The lowest BCUT2D eigenvalue weighted by molar-refractivity contribution is -0.137. The molecular formula is C22H22F4N4O. The summed E-state index contributed by atoms with van der Waals surface area (Å²) in [4.78, 5) is 10.8. The summed E-state index contributed by atoms with van der Waals surface area (Å²) < 4.78 is 54.9. The van der Waals surface area contributed by atoms with E-state index in [2.05, 4.69) is 14.9 Å². The van der Waals surface area contributed by atoms with Gasteiger partial charge in [0, 0.05) is 49.0 Å². The lowest BCUT2D eigenvalue weighted by Crippen LogP contribution is -2.46. The quantitative estimate of drug-likeness (QED) is 0.453. The summed E-state index contributed by atoms with van der Waals surface area (Å²) in [5, 5.41) is 10.5. The summed E-state index contributed by atoms with van der Waals surface area (Å²) in [7, 11) is 0. The van der Waals surface area contributed by atoms with Crippen LogP contribution >= 0.6 is 0 Å². The molecule has 0 atom stereocenters. The molecule has 0 bridgehead atoms. The average molecular weight is 434 g/mol. The van der Waals surface area contributed by atoms with Crippen molar-refractivity contribution in [3.05, 3.63) is 53.3 Å². The van der Waals surface area contributed by atoms with Crippen LogP contribution in [0.15, 0.2) is 41.4 Å². The van der Waals surface area contributed by atoms with Crippen molar-refractivity contribution in [3.63, 3.8) is 0 Å². The second-order valence-electron chi connectivity index (χ2n) is 7.46. The minimum absolute atomic E-state index is 0.0911. The van der Waals surface area contributed by atoms with Crippen LogP contribution in [0.3, 0.4) is 0 Å². The third kappa shape index (κ3) is 4.36. The lowest BCUT2D eigenvalue weighted by atomic mass is 10.1. The second-order valence-corrected chi connectivity index (χ2v) is 7.46. The number of benzene rings is 2. The van der Waals surface area contributed by atoms with E-state index in [9.17, 15) is 22.7 Å². The topological polar surface area (TPSA) is 54.9 Å². The average Bonchev–Trinajstić information content (AvgIpc) is 3.06. The maximum atomic E-state index is 13.8. The van der Waals surface area contributed by atoms with Gasteiger partial charge in [0.25, 0.3) is 0 Å². The van der Waals surface area contributed by atoms with Crippen LogP contribution < -0.4 is 4.90 Å². The molecule has 0 unspecified atom stereocenters. The SMILES string of the molecule is CCN1CCN(c2ccc(N=Cc3c(O)[nH]c4ccc(F)cc34)cc2C(F)(F)F)CC1. The molecule has 5 nitrogen and oxygen atoms in total. The monoisotopic (exact) mass is 434 g/mol. The van der Waals surface area contributed by atoms with Gasteiger partial charge in [-0.05, 0) is 42.9 Å². The van der Waals surface area contributed by atoms with Crippen LogP contribution in [0.4, 0.5) is 28.9 Å². The van der Waals surface area contributed by atoms with Crippen LogP contribution in [0, 0.1) is 5.82 Å². The number of H-pyrrole nitrogens is 1. The van der Waals surface area contributed by atoms with Gasteiger partial charge >= 0.3 is 6.18 Å². The number of piperazine rings is 1. The highest BCUT2D eigenvalue weighted by molar-refractivity contribution is 6.02. The summed E-state index contributed by atoms with van der Waals surface area (Å²) >= 11 is 0. The fraction of sp³-hybridized carbons (Fsp3) is 0.318. The number of nitrogens with zero attached hydrogens (tertiary/aromatic N) is 3. The Morgan fingerprint density at radius 2 is 1.84 bits per heavy atom. The zero-order valence-corrected chi connectivity index (χ0v) is 16.9. The van der Waals surface area contributed by atoms with E-state index < -0.39 is 17.6 Å². The Balaban J connectivity index is 1.66. The van der Waals surface area contributed by atoms with Crippen molar-refractivity contribution in [1.29, 1.82) is 0 Å². The molecule has 1 fully saturated rings. The van der Waals surface area contributed by atoms with Crippen molar-refractivity contribution < 1.29 is 22.7 Å². The fourth-order valence-corrected chi connectivity index (χ4v) is 3.85. The maximum absolute atomic E-state index is 13.8. The molecule has 164 valence electrons. The van der Waals surface area contributed by atoms with Gasteiger partial charge in [-0.2, -0.15) is 13.2 Å². The van der Waals surface area contributed by atoms with E-state index in [4.69, 9.17) is 0 Å². The molecule has 0 spiro atoms. The van der Waals surface area contributed by atoms with Crippen molar-refractivity contribution in [1.82, 2.24) is 9.88 Å². The minimum Gasteiger partial charge on any atom is -0.494 e. The van der Waals surface area contributed by atoms with E-state index in [1.807, 2.05) is 6.92 Å². The zero-order chi connectivity index (χ0) is 22.2. The molecule has 9 heteroatoms. The Hall–Kier alpha value is -3.07. The number of halogens is 4. The smallest absolute Gasteiger partial charge is 0.418 e. The Kier molecular flexibility index (Phi) is 5.62. The van der Waals surface area contributed by atoms with Gasteiger partial charge in [-0.15, -0.1) is 0 Å². The van der Waals surface area contributed by atoms with Crippen LogP contribution in [0.5, 0.6) is 5.88 Å². The molecule has 2 N–H and O–H groups in total. The first-order valence-electron chi connectivity index (χ1n) is 9.99. The molecule has 0 amide bonds. The highest BCUT2D eigenvalue weighted by Crippen LogP contribution is 2.39. The predicted molar refractivity (Wildman–Crippen MR) is 113 cm³/mol. The maximum Gasteiger partial charge on any atom is 0.418 e. The standard InChI is InChI=1S/C22H22F4N4O/c1-2-29-7-9-30(10-8-29)20-6-4-15(12-18(20)22(24,25)26)27-13-17-16-11-14(23)3-5-19(16)28-21(17)31/h3-6,11-13,28,31H,2,7-10H2,1H3. The first kappa shape index (κ1) is 21.2. The molecule has 0 aliphatic carbocycles. The van der Waals surface area contributed by atoms with Gasteiger partial charge in [-0.3, -0.25) is 4.99 Å². The van der Waals surface area contributed by atoms with Gasteiger partial charge in [0.05, 0.1) is 16.8 Å². The third-order valence-electron chi connectivity index (χ3n) is 5.57. The van der Waals surface area contributed by atoms with Crippen molar-refractivity contribution >= 4 is 28.5 Å². The van der Waals surface area contributed by atoms with Gasteiger partial charge < -0.3 is 19.9 Å². The highest BCUT2D eigenvalue weighted by atomic mass is 19.4. The van der Waals surface area contributed by atoms with Crippen molar-refractivity contribution in [3.8, 4) is 5.88 Å². The van der Waals surface area contributed by atoms with Crippen molar-refractivity contribution in [2.45, 2.75) is 13.1 Å². The summed E-state index contributed by atoms with van der Waals surface area (Å²) in [6.45, 7) is 5.37. The molecule has 4 rings (SSSR count). The normalized spacial score (nSPS) is 16.0. The molecular weight excluding hydrogens is 412 g/mol. The Labute approximate surface area is 176 Å². The van der Waals surface area contributed by atoms with E-state index >= 15 is 0 Å². The number of aromatic hydroxyl groups is 1. The molecule has 1 aliphatic rings. The molecule has 2 aromatic carbocycles. The number of anilines is 1. The van der Waals surface area contributed by atoms with Gasteiger partial charge in [0.1, 0.15) is 5.82 Å². The third-order valence-corrected chi connectivity index (χ3v) is 5.57. The molecule has 0 saturated carbocycles. The van der Waals surface area contributed by atoms with Gasteiger partial charge in [-0.25, -0.2) is 4.39 Å². The first-order valence-corrected chi connectivity index (χ1v) is 9.99. The number of nitrogens with one attached hydrogen (secondary N) is 1. The zero-order valence-electron chi connectivity index (χ0n) is 16.9. The molecule has 0 radical (unpaired) electrons. The van der Waals surface area contributed by atoms with Gasteiger partial charge in [-0.1, -0.05) is 6.92 Å². The minimum atomic E-state index is -4.53. The Bertz CT molecular complexity index is 1110. The molecule has 1 saturated heterocycles. The molecule has 2 heterocycles. The van der Waals surface area contributed by atoms with Crippen molar-refractivity contribution in [2.75, 3.05) is 37.6 Å². The number of aliphatic imine (C=N–C) groups is 1. The molecule has 3 aromatic rings. The van der Waals surface area contributed by atoms with E-state index in [-0.39, 0.29) is 22.8 Å². The number of aromatic amines is 1. The number of fused-ring (bicyclic) bond motifs is 1. The van der Waals surface area contributed by atoms with Crippen LogP contribution in [-0.2, 0) is 6.18 Å². The van der Waals surface area contributed by atoms with Crippen LogP contribution in [0.25, 0.3) is 10.9 Å². The summed E-state index contributed by atoms with van der Waals surface area (Å²) in [5.74, 6) is -0.723. The Morgan fingerprint density at radius 1 is 1.10 bits per heavy atom. The van der Waals surface area contributed by atoms with E-state index in [1.54, 1.807) is 4.90 Å². The summed E-state index contributed by atoms with van der Waals surface area (Å²) in [6.07, 6.45) is -3.29. The van der Waals surface area contributed by atoms with E-state index in [0.29, 0.717) is 37.1 Å². The first-order chi connectivity index (χ1) is 14.8. The highest BCUT2D eigenvalue weighted by Gasteiger charge is 2.35. The van der Waals surface area contributed by atoms with Crippen molar-refractivity contribution in [2.24, 2.45) is 4.99 Å². The molecule has 31 heavy (non-hydrogen) atoms. The summed E-state index contributed by atoms with van der Waals surface area (Å²) in [5.41, 5.74) is 0.189. The van der Waals surface area contributed by atoms with Crippen LogP contribution in [0.2, 0.25) is 0 Å². The lowest BCUT2D eigenvalue weighted by Gasteiger charge is -2.36. The molecule has 1 aliphatic heterocycles. The second kappa shape index (κ2) is 8.22. The van der Waals surface area contributed by atoms with E-state index in [1.165, 1.54) is 36.5 Å². The predicted octanol–water partition coefficient (Wildman–Crippen LogP) is 4.92. The molecule has 1 aromatic heterocycles. The number of likely N-dealkylation sites (N-methyl/N-ethyl adjacent to an activating group) is 1. The Morgan fingerprint density at radius 3 is 2.52 bits per heavy atom. The van der Waals surface area contributed by atoms with Crippen LogP contribution in [-0.4, -0.2) is 53.9 Å². The largest absolute Gasteiger partial charge is 0.494 e. The number of rotatable bonds is 4. The van der Waals surface area contributed by atoms with Gasteiger partial charge in [0.15, 0.2) is 5.88 Å². The van der Waals surface area contributed by atoms with Gasteiger partial charge in [0.2, 0.25) is 0 Å². The van der Waals surface area contributed by atoms with Crippen LogP contribution in [0.1, 0.15) is 18.1 Å². The number of hydrogen-bond acceptors (Lipinski definition) is 4. The number of aromatic nitrogens is 1.